The minimum atomic E-state index is -0.256. The Labute approximate surface area is 114 Å². The Kier molecular flexibility index (Phi) is 5.43. The lowest BCUT2D eigenvalue weighted by molar-refractivity contribution is 0.0896. The Morgan fingerprint density at radius 3 is 2.71 bits per heavy atom. The first kappa shape index (κ1) is 14.5. The van der Waals surface area contributed by atoms with Crippen molar-refractivity contribution in [3.05, 3.63) is 33.3 Å². The first-order chi connectivity index (χ1) is 7.95. The molecule has 1 aromatic rings. The third-order valence-electron chi connectivity index (χ3n) is 2.49. The average molecular weight is 321 g/mol. The smallest absolute Gasteiger partial charge is 0.252 e. The number of hydrogen-bond acceptors (Lipinski definition) is 2. The lowest BCUT2D eigenvalue weighted by Gasteiger charge is -2.20. The van der Waals surface area contributed by atoms with Crippen molar-refractivity contribution >= 4 is 33.4 Å². The molecule has 17 heavy (non-hydrogen) atoms. The van der Waals surface area contributed by atoms with E-state index < -0.39 is 0 Å². The predicted molar refractivity (Wildman–Crippen MR) is 72.3 cm³/mol. The van der Waals surface area contributed by atoms with Crippen LogP contribution in [0.15, 0.2) is 22.7 Å². The number of halogens is 2. The van der Waals surface area contributed by atoms with Gasteiger partial charge < -0.3 is 10.4 Å². The normalized spacial score (nSPS) is 12.6. The number of aliphatic hydroxyl groups is 1. The average Bonchev–Trinajstić information content (AvgIpc) is 2.28. The van der Waals surface area contributed by atoms with E-state index in [2.05, 4.69) is 21.2 Å². The molecule has 1 aromatic carbocycles. The maximum Gasteiger partial charge on any atom is 0.252 e. The van der Waals surface area contributed by atoms with Crippen molar-refractivity contribution in [1.29, 1.82) is 0 Å². The maximum absolute atomic E-state index is 12.0. The summed E-state index contributed by atoms with van der Waals surface area (Å²) in [5.41, 5.74) is 0.469. The van der Waals surface area contributed by atoms with Crippen molar-refractivity contribution in [1.82, 2.24) is 5.32 Å². The van der Waals surface area contributed by atoms with E-state index >= 15 is 0 Å². The van der Waals surface area contributed by atoms with Crippen molar-refractivity contribution in [2.24, 2.45) is 5.92 Å². The summed E-state index contributed by atoms with van der Waals surface area (Å²) in [6.45, 7) is 3.80. The molecule has 2 N–H and O–H groups in total. The Morgan fingerprint density at radius 1 is 1.53 bits per heavy atom. The van der Waals surface area contributed by atoms with Crippen LogP contribution >= 0.6 is 27.5 Å². The molecule has 1 amide bonds. The molecule has 0 bridgehead atoms. The number of hydrogen-bond donors (Lipinski definition) is 2. The molecule has 1 atom stereocenters. The van der Waals surface area contributed by atoms with Gasteiger partial charge in [-0.1, -0.05) is 25.4 Å². The fourth-order valence-electron chi connectivity index (χ4n) is 1.34. The molecule has 0 radical (unpaired) electrons. The van der Waals surface area contributed by atoms with Crippen molar-refractivity contribution in [2.75, 3.05) is 6.61 Å². The molecule has 0 fully saturated rings. The molecular formula is C12H15BrClNO2. The molecule has 0 aliphatic carbocycles. The Hall–Kier alpha value is -0.580. The molecule has 0 spiro atoms. The summed E-state index contributed by atoms with van der Waals surface area (Å²) in [6.07, 6.45) is 0. The standard InChI is InChI=1S/C12H15BrClNO2/c1-7(2)11(6-16)15-12(17)9-5-8(14)3-4-10(9)13/h3-5,7,11,16H,6H2,1-2H3,(H,15,17)/t11-/m1/s1. The highest BCUT2D eigenvalue weighted by atomic mass is 79.9. The number of benzene rings is 1. The number of carbonyl (C=O) groups is 1. The Balaban J connectivity index is 2.86. The van der Waals surface area contributed by atoms with Crippen LogP contribution in [-0.2, 0) is 0 Å². The molecule has 0 aliphatic rings. The van der Waals surface area contributed by atoms with Gasteiger partial charge in [0.25, 0.3) is 5.91 Å². The Bertz CT molecular complexity index is 409. The summed E-state index contributed by atoms with van der Waals surface area (Å²) in [5, 5.41) is 12.4. The van der Waals surface area contributed by atoms with E-state index in [1.54, 1.807) is 18.2 Å². The first-order valence-corrected chi connectivity index (χ1v) is 6.49. The minimum absolute atomic E-state index is 0.0818. The van der Waals surface area contributed by atoms with Crippen molar-refractivity contribution in [3.63, 3.8) is 0 Å². The van der Waals surface area contributed by atoms with Gasteiger partial charge in [-0.25, -0.2) is 0 Å². The highest BCUT2D eigenvalue weighted by Gasteiger charge is 2.17. The van der Waals surface area contributed by atoms with Crippen LogP contribution in [0, 0.1) is 5.92 Å². The number of aliphatic hydroxyl groups excluding tert-OH is 1. The van der Waals surface area contributed by atoms with Gasteiger partial charge in [0.1, 0.15) is 0 Å². The van der Waals surface area contributed by atoms with Crippen LogP contribution in [-0.4, -0.2) is 23.7 Å². The van der Waals surface area contributed by atoms with Gasteiger partial charge in [0, 0.05) is 9.50 Å². The second kappa shape index (κ2) is 6.38. The molecule has 0 saturated heterocycles. The van der Waals surface area contributed by atoms with E-state index in [4.69, 9.17) is 16.7 Å². The summed E-state index contributed by atoms with van der Waals surface area (Å²) >= 11 is 9.14. The van der Waals surface area contributed by atoms with Crippen LogP contribution in [0.1, 0.15) is 24.2 Å². The highest BCUT2D eigenvalue weighted by molar-refractivity contribution is 9.10. The van der Waals surface area contributed by atoms with Crippen molar-refractivity contribution < 1.29 is 9.90 Å². The monoisotopic (exact) mass is 319 g/mol. The fourth-order valence-corrected chi connectivity index (χ4v) is 1.94. The molecule has 1 rings (SSSR count). The number of nitrogens with one attached hydrogen (secondary N) is 1. The van der Waals surface area contributed by atoms with E-state index in [0.29, 0.717) is 15.1 Å². The Morgan fingerprint density at radius 2 is 2.18 bits per heavy atom. The molecule has 0 saturated carbocycles. The highest BCUT2D eigenvalue weighted by Crippen LogP contribution is 2.21. The van der Waals surface area contributed by atoms with Crippen LogP contribution < -0.4 is 5.32 Å². The summed E-state index contributed by atoms with van der Waals surface area (Å²) in [6, 6.07) is 4.76. The van der Waals surface area contributed by atoms with Gasteiger partial charge in [-0.2, -0.15) is 0 Å². The molecule has 0 unspecified atom stereocenters. The van der Waals surface area contributed by atoms with Gasteiger partial charge in [0.2, 0.25) is 0 Å². The van der Waals surface area contributed by atoms with Crippen LogP contribution in [0.5, 0.6) is 0 Å². The van der Waals surface area contributed by atoms with Gasteiger partial charge in [-0.15, -0.1) is 0 Å². The van der Waals surface area contributed by atoms with E-state index in [1.807, 2.05) is 13.8 Å². The lowest BCUT2D eigenvalue weighted by Crippen LogP contribution is -2.41. The third-order valence-corrected chi connectivity index (χ3v) is 3.42. The van der Waals surface area contributed by atoms with Gasteiger partial charge in [-0.05, 0) is 40.0 Å². The summed E-state index contributed by atoms with van der Waals surface area (Å²) in [5.74, 6) is -0.0750. The van der Waals surface area contributed by atoms with Gasteiger partial charge in [0.05, 0.1) is 18.2 Å². The summed E-state index contributed by atoms with van der Waals surface area (Å²) in [7, 11) is 0. The molecule has 5 heteroatoms. The zero-order valence-corrected chi connectivity index (χ0v) is 12.0. The van der Waals surface area contributed by atoms with E-state index in [9.17, 15) is 4.79 Å². The molecular weight excluding hydrogens is 305 g/mol. The first-order valence-electron chi connectivity index (χ1n) is 5.32. The zero-order chi connectivity index (χ0) is 13.0. The van der Waals surface area contributed by atoms with Crippen molar-refractivity contribution in [2.45, 2.75) is 19.9 Å². The van der Waals surface area contributed by atoms with Crippen LogP contribution in [0.4, 0.5) is 0 Å². The second-order valence-electron chi connectivity index (χ2n) is 4.13. The SMILES string of the molecule is CC(C)[C@@H](CO)NC(=O)c1cc(Cl)ccc1Br. The van der Waals surface area contributed by atoms with Gasteiger partial charge in [-0.3, -0.25) is 4.79 Å². The van der Waals surface area contributed by atoms with Gasteiger partial charge in [0.15, 0.2) is 0 Å². The third kappa shape index (κ3) is 3.98. The predicted octanol–water partition coefficient (Wildman–Crippen LogP) is 2.85. The second-order valence-corrected chi connectivity index (χ2v) is 5.42. The lowest BCUT2D eigenvalue weighted by atomic mass is 10.0. The number of amides is 1. The zero-order valence-electron chi connectivity index (χ0n) is 9.71. The van der Waals surface area contributed by atoms with Gasteiger partial charge >= 0.3 is 0 Å². The van der Waals surface area contributed by atoms with Crippen LogP contribution in [0.3, 0.4) is 0 Å². The number of carbonyl (C=O) groups excluding carboxylic acids is 1. The molecule has 0 aliphatic heterocycles. The molecule has 0 heterocycles. The molecule has 94 valence electrons. The fraction of sp³-hybridized carbons (Fsp3) is 0.417. The van der Waals surface area contributed by atoms with Crippen LogP contribution in [0.2, 0.25) is 5.02 Å². The van der Waals surface area contributed by atoms with Crippen LogP contribution in [0.25, 0.3) is 0 Å². The van der Waals surface area contributed by atoms with E-state index in [1.165, 1.54) is 0 Å². The van der Waals surface area contributed by atoms with E-state index in [-0.39, 0.29) is 24.5 Å². The molecule has 3 nitrogen and oxygen atoms in total. The van der Waals surface area contributed by atoms with E-state index in [0.717, 1.165) is 0 Å². The summed E-state index contributed by atoms with van der Waals surface area (Å²) < 4.78 is 0.680. The minimum Gasteiger partial charge on any atom is -0.394 e. The topological polar surface area (TPSA) is 49.3 Å². The maximum atomic E-state index is 12.0. The summed E-state index contributed by atoms with van der Waals surface area (Å²) in [4.78, 5) is 12.0. The quantitative estimate of drug-likeness (QED) is 0.896. The number of rotatable bonds is 4. The largest absolute Gasteiger partial charge is 0.394 e. The molecule has 0 aromatic heterocycles. The van der Waals surface area contributed by atoms with Crippen molar-refractivity contribution in [3.8, 4) is 0 Å².